The maximum Gasteiger partial charge on any atom is 0.330 e. The van der Waals surface area contributed by atoms with Crippen molar-refractivity contribution in [2.45, 2.75) is 40.5 Å². The van der Waals surface area contributed by atoms with Crippen molar-refractivity contribution in [2.24, 2.45) is 0 Å². The number of carbonyl (C=O) groups excluding carboxylic acids is 1. The van der Waals surface area contributed by atoms with Crippen molar-refractivity contribution < 1.29 is 14.3 Å². The molecule has 0 aliphatic rings. The summed E-state index contributed by atoms with van der Waals surface area (Å²) in [6.45, 7) is 8.69. The molecule has 0 atom stereocenters. The molecule has 0 amide bonds. The maximum atomic E-state index is 11.1. The number of allylic oxidation sites excluding steroid dienone is 1. The van der Waals surface area contributed by atoms with Crippen molar-refractivity contribution in [3.63, 3.8) is 0 Å². The molecule has 0 fully saturated rings. The van der Waals surface area contributed by atoms with Gasteiger partial charge in [0, 0.05) is 6.08 Å². The third-order valence-electron chi connectivity index (χ3n) is 2.94. The molecule has 0 aliphatic carbocycles. The number of benzene rings is 1. The molecule has 3 nitrogen and oxygen atoms in total. The van der Waals surface area contributed by atoms with Crippen molar-refractivity contribution >= 4 is 5.97 Å². The average molecular weight is 276 g/mol. The molecule has 3 heteroatoms. The van der Waals surface area contributed by atoms with Gasteiger partial charge in [0.05, 0.1) is 0 Å². The first kappa shape index (κ1) is 16.3. The second-order valence-electron chi connectivity index (χ2n) is 4.82. The summed E-state index contributed by atoms with van der Waals surface area (Å²) in [5, 5.41) is 0. The third kappa shape index (κ3) is 5.08. The zero-order chi connectivity index (χ0) is 15.0. The van der Waals surface area contributed by atoms with Crippen LogP contribution < -0.4 is 4.74 Å². The Bertz CT molecular complexity index is 452. The standard InChI is InChI=1S/C17H24O3/c1-5-7-15-11-13(3)17(14(4)12-15)20-10-9-19-16(18)8-6-2/h6,8,11-12H,5,7,9-10H2,1-4H3. The summed E-state index contributed by atoms with van der Waals surface area (Å²) in [5.74, 6) is 0.565. The van der Waals surface area contributed by atoms with Crippen LogP contribution in [0.2, 0.25) is 0 Å². The molecular weight excluding hydrogens is 252 g/mol. The number of esters is 1. The Hall–Kier alpha value is -1.77. The summed E-state index contributed by atoms with van der Waals surface area (Å²) in [6, 6.07) is 4.33. The Morgan fingerprint density at radius 1 is 1.20 bits per heavy atom. The minimum atomic E-state index is -0.331. The highest BCUT2D eigenvalue weighted by Gasteiger charge is 2.06. The fourth-order valence-electron chi connectivity index (χ4n) is 2.17. The Morgan fingerprint density at radius 3 is 2.40 bits per heavy atom. The van der Waals surface area contributed by atoms with Gasteiger partial charge in [0.2, 0.25) is 0 Å². The van der Waals surface area contributed by atoms with E-state index in [1.165, 1.54) is 11.6 Å². The number of hydrogen-bond acceptors (Lipinski definition) is 3. The van der Waals surface area contributed by atoms with Crippen molar-refractivity contribution in [3.8, 4) is 5.75 Å². The van der Waals surface area contributed by atoms with Crippen molar-refractivity contribution in [1.82, 2.24) is 0 Å². The summed E-state index contributed by atoms with van der Waals surface area (Å²) in [5.41, 5.74) is 3.61. The van der Waals surface area contributed by atoms with Crippen LogP contribution in [0.15, 0.2) is 24.3 Å². The average Bonchev–Trinajstić information content (AvgIpc) is 2.37. The van der Waals surface area contributed by atoms with Gasteiger partial charge in [-0.25, -0.2) is 4.79 Å². The summed E-state index contributed by atoms with van der Waals surface area (Å²) < 4.78 is 10.7. The predicted molar refractivity (Wildman–Crippen MR) is 81.2 cm³/mol. The van der Waals surface area contributed by atoms with Gasteiger partial charge < -0.3 is 9.47 Å². The molecule has 0 aromatic heterocycles. The first-order valence-electron chi connectivity index (χ1n) is 7.10. The highest BCUT2D eigenvalue weighted by atomic mass is 16.6. The fourth-order valence-corrected chi connectivity index (χ4v) is 2.17. The normalized spacial score (nSPS) is 10.8. The third-order valence-corrected chi connectivity index (χ3v) is 2.94. The van der Waals surface area contributed by atoms with Crippen LogP contribution in [0.5, 0.6) is 5.75 Å². The van der Waals surface area contributed by atoms with Crippen molar-refractivity contribution in [3.05, 3.63) is 41.0 Å². The number of hydrogen-bond donors (Lipinski definition) is 0. The first-order valence-corrected chi connectivity index (χ1v) is 7.10. The molecule has 0 saturated heterocycles. The molecule has 110 valence electrons. The van der Waals surface area contributed by atoms with Gasteiger partial charge in [-0.15, -0.1) is 0 Å². The minimum Gasteiger partial charge on any atom is -0.489 e. The molecule has 1 aromatic carbocycles. The first-order chi connectivity index (χ1) is 9.58. The van der Waals surface area contributed by atoms with E-state index in [4.69, 9.17) is 9.47 Å². The zero-order valence-corrected chi connectivity index (χ0v) is 12.9. The maximum absolute atomic E-state index is 11.1. The quantitative estimate of drug-likeness (QED) is 0.432. The highest BCUT2D eigenvalue weighted by molar-refractivity contribution is 5.81. The van der Waals surface area contributed by atoms with Gasteiger partial charge in [-0.3, -0.25) is 0 Å². The lowest BCUT2D eigenvalue weighted by molar-refractivity contribution is -0.138. The van der Waals surface area contributed by atoms with Crippen LogP contribution in [0.25, 0.3) is 0 Å². The van der Waals surface area contributed by atoms with Gasteiger partial charge in [0.15, 0.2) is 0 Å². The summed E-state index contributed by atoms with van der Waals surface area (Å²) in [4.78, 5) is 11.1. The Kier molecular flexibility index (Phi) is 6.85. The second-order valence-corrected chi connectivity index (χ2v) is 4.82. The number of ether oxygens (including phenoxy) is 2. The van der Waals surface area contributed by atoms with Gasteiger partial charge in [0.25, 0.3) is 0 Å². The van der Waals surface area contributed by atoms with Gasteiger partial charge in [0.1, 0.15) is 19.0 Å². The number of aryl methyl sites for hydroxylation is 3. The molecule has 1 aromatic rings. The molecule has 20 heavy (non-hydrogen) atoms. The minimum absolute atomic E-state index is 0.263. The molecule has 0 radical (unpaired) electrons. The van der Waals surface area contributed by atoms with E-state index in [2.05, 4.69) is 19.1 Å². The van der Waals surface area contributed by atoms with Crippen LogP contribution in [0.1, 0.15) is 37.0 Å². The van der Waals surface area contributed by atoms with E-state index in [9.17, 15) is 4.79 Å². The Balaban J connectivity index is 2.54. The van der Waals surface area contributed by atoms with Crippen LogP contribution in [-0.4, -0.2) is 19.2 Å². The lowest BCUT2D eigenvalue weighted by atomic mass is 10.0. The topological polar surface area (TPSA) is 35.5 Å². The van der Waals surface area contributed by atoms with Gasteiger partial charge in [-0.2, -0.15) is 0 Å². The van der Waals surface area contributed by atoms with Crippen LogP contribution in [0, 0.1) is 13.8 Å². The number of rotatable bonds is 7. The summed E-state index contributed by atoms with van der Waals surface area (Å²) in [6.07, 6.45) is 5.28. The molecule has 0 heterocycles. The second kappa shape index (κ2) is 8.41. The van der Waals surface area contributed by atoms with E-state index in [1.807, 2.05) is 13.8 Å². The SMILES string of the molecule is CC=CC(=O)OCCOc1c(C)cc(CCC)cc1C. The van der Waals surface area contributed by atoms with Crippen LogP contribution in [0.4, 0.5) is 0 Å². The van der Waals surface area contributed by atoms with Gasteiger partial charge in [-0.05, 0) is 43.9 Å². The monoisotopic (exact) mass is 276 g/mol. The van der Waals surface area contributed by atoms with E-state index in [0.29, 0.717) is 6.61 Å². The van der Waals surface area contributed by atoms with Crippen LogP contribution in [-0.2, 0) is 16.0 Å². The molecule has 0 saturated carbocycles. The molecule has 0 spiro atoms. The van der Waals surface area contributed by atoms with Crippen LogP contribution in [0.3, 0.4) is 0 Å². The molecule has 0 aliphatic heterocycles. The largest absolute Gasteiger partial charge is 0.489 e. The van der Waals surface area contributed by atoms with E-state index in [0.717, 1.165) is 29.7 Å². The lowest BCUT2D eigenvalue weighted by Crippen LogP contribution is -2.11. The predicted octanol–water partition coefficient (Wildman–Crippen LogP) is 3.75. The van der Waals surface area contributed by atoms with E-state index < -0.39 is 0 Å². The van der Waals surface area contributed by atoms with Gasteiger partial charge >= 0.3 is 5.97 Å². The summed E-state index contributed by atoms with van der Waals surface area (Å²) >= 11 is 0. The van der Waals surface area contributed by atoms with E-state index >= 15 is 0 Å². The van der Waals surface area contributed by atoms with E-state index in [-0.39, 0.29) is 12.6 Å². The van der Waals surface area contributed by atoms with Gasteiger partial charge in [-0.1, -0.05) is 31.6 Å². The summed E-state index contributed by atoms with van der Waals surface area (Å²) in [7, 11) is 0. The molecular formula is C17H24O3. The molecule has 0 N–H and O–H groups in total. The van der Waals surface area contributed by atoms with Crippen molar-refractivity contribution in [2.75, 3.05) is 13.2 Å². The number of carbonyl (C=O) groups is 1. The zero-order valence-electron chi connectivity index (χ0n) is 12.9. The Morgan fingerprint density at radius 2 is 1.85 bits per heavy atom. The smallest absolute Gasteiger partial charge is 0.330 e. The van der Waals surface area contributed by atoms with Crippen LogP contribution >= 0.6 is 0 Å². The molecule has 1 rings (SSSR count). The molecule has 0 bridgehead atoms. The molecule has 0 unspecified atom stereocenters. The highest BCUT2D eigenvalue weighted by Crippen LogP contribution is 2.25. The lowest BCUT2D eigenvalue weighted by Gasteiger charge is -2.14. The van der Waals surface area contributed by atoms with Crippen molar-refractivity contribution in [1.29, 1.82) is 0 Å². The Labute approximate surface area is 121 Å². The van der Waals surface area contributed by atoms with E-state index in [1.54, 1.807) is 13.0 Å². The fraction of sp³-hybridized carbons (Fsp3) is 0.471.